The molecule has 0 spiro atoms. The maximum absolute atomic E-state index is 12.6. The lowest BCUT2D eigenvalue weighted by molar-refractivity contribution is -0.135. The van der Waals surface area contributed by atoms with Crippen molar-refractivity contribution >= 4 is 23.6 Å². The van der Waals surface area contributed by atoms with Crippen LogP contribution in [0.15, 0.2) is 29.2 Å². The molecule has 5 heteroatoms. The van der Waals surface area contributed by atoms with Crippen LogP contribution in [0.1, 0.15) is 36.0 Å². The van der Waals surface area contributed by atoms with Gasteiger partial charge in [-0.15, -0.1) is 11.8 Å². The van der Waals surface area contributed by atoms with Gasteiger partial charge in [0.25, 0.3) is 5.91 Å². The molecule has 4 nitrogen and oxygen atoms in total. The lowest BCUT2D eigenvalue weighted by atomic mass is 9.95. The number of rotatable bonds is 3. The van der Waals surface area contributed by atoms with Gasteiger partial charge in [0.2, 0.25) is 5.91 Å². The molecule has 124 valence electrons. The van der Waals surface area contributed by atoms with Gasteiger partial charge in [0, 0.05) is 42.6 Å². The molecule has 2 aliphatic heterocycles. The molecule has 2 aliphatic rings. The van der Waals surface area contributed by atoms with E-state index in [2.05, 4.69) is 0 Å². The molecular weight excluding hydrogens is 308 g/mol. The summed E-state index contributed by atoms with van der Waals surface area (Å²) in [6.07, 6.45) is 5.89. The van der Waals surface area contributed by atoms with Gasteiger partial charge < -0.3 is 9.80 Å². The monoisotopic (exact) mass is 332 g/mol. The zero-order valence-electron chi connectivity index (χ0n) is 13.7. The first-order valence-corrected chi connectivity index (χ1v) is 9.63. The van der Waals surface area contributed by atoms with E-state index >= 15 is 0 Å². The molecule has 2 fully saturated rings. The van der Waals surface area contributed by atoms with E-state index in [0.717, 1.165) is 49.2 Å². The van der Waals surface area contributed by atoms with Crippen LogP contribution in [0.5, 0.6) is 0 Å². The number of hydrogen-bond donors (Lipinski definition) is 0. The van der Waals surface area contributed by atoms with Gasteiger partial charge in [-0.2, -0.15) is 0 Å². The Morgan fingerprint density at radius 3 is 2.13 bits per heavy atom. The number of hydrogen-bond acceptors (Lipinski definition) is 3. The van der Waals surface area contributed by atoms with E-state index in [0.29, 0.717) is 19.0 Å². The summed E-state index contributed by atoms with van der Waals surface area (Å²) in [5.74, 6) is 0.500. The fourth-order valence-electron chi connectivity index (χ4n) is 3.44. The predicted octanol–water partition coefficient (Wildman–Crippen LogP) is 2.88. The molecule has 0 radical (unpaired) electrons. The molecule has 0 bridgehead atoms. The van der Waals surface area contributed by atoms with E-state index in [4.69, 9.17) is 0 Å². The van der Waals surface area contributed by atoms with Crippen molar-refractivity contribution in [2.24, 2.45) is 5.92 Å². The molecule has 0 aliphatic carbocycles. The zero-order valence-corrected chi connectivity index (χ0v) is 14.5. The third-order valence-corrected chi connectivity index (χ3v) is 5.63. The predicted molar refractivity (Wildman–Crippen MR) is 92.7 cm³/mol. The average molecular weight is 332 g/mol. The number of piperidine rings is 1. The minimum absolute atomic E-state index is 0.0877. The van der Waals surface area contributed by atoms with E-state index in [1.54, 1.807) is 11.8 Å². The summed E-state index contributed by atoms with van der Waals surface area (Å²) < 4.78 is 0. The van der Waals surface area contributed by atoms with Gasteiger partial charge in [-0.3, -0.25) is 9.59 Å². The molecule has 23 heavy (non-hydrogen) atoms. The Morgan fingerprint density at radius 2 is 1.57 bits per heavy atom. The Bertz CT molecular complexity index is 559. The molecule has 1 aromatic rings. The van der Waals surface area contributed by atoms with Crippen LogP contribution >= 0.6 is 11.8 Å². The Balaban J connectivity index is 1.55. The van der Waals surface area contributed by atoms with Crippen LogP contribution < -0.4 is 0 Å². The molecule has 0 saturated carbocycles. The lowest BCUT2D eigenvalue weighted by Gasteiger charge is -2.33. The number of likely N-dealkylation sites (tertiary alicyclic amines) is 2. The summed E-state index contributed by atoms with van der Waals surface area (Å²) in [7, 11) is 0. The molecule has 0 atom stereocenters. The normalized spacial score (nSPS) is 19.2. The Hall–Kier alpha value is -1.49. The second kappa shape index (κ2) is 7.39. The molecular formula is C18H24N2O2S. The van der Waals surface area contributed by atoms with E-state index in [-0.39, 0.29) is 11.8 Å². The highest BCUT2D eigenvalue weighted by Crippen LogP contribution is 2.23. The average Bonchev–Trinajstić information content (AvgIpc) is 3.15. The van der Waals surface area contributed by atoms with Gasteiger partial charge in [0.1, 0.15) is 0 Å². The lowest BCUT2D eigenvalue weighted by Crippen LogP contribution is -2.43. The van der Waals surface area contributed by atoms with Crippen LogP contribution in [0.3, 0.4) is 0 Å². The summed E-state index contributed by atoms with van der Waals surface area (Å²) in [6, 6.07) is 7.77. The van der Waals surface area contributed by atoms with Crippen LogP contribution in [-0.2, 0) is 4.79 Å². The summed E-state index contributed by atoms with van der Waals surface area (Å²) in [6.45, 7) is 3.21. The molecule has 0 aromatic heterocycles. The van der Waals surface area contributed by atoms with Crippen molar-refractivity contribution in [3.05, 3.63) is 29.8 Å². The first kappa shape index (κ1) is 16.4. The Kier molecular flexibility index (Phi) is 5.26. The third kappa shape index (κ3) is 3.71. The van der Waals surface area contributed by atoms with Gasteiger partial charge in [-0.05, 0) is 56.2 Å². The van der Waals surface area contributed by atoms with Crippen molar-refractivity contribution in [3.63, 3.8) is 0 Å². The van der Waals surface area contributed by atoms with Crippen molar-refractivity contribution in [2.45, 2.75) is 30.6 Å². The zero-order chi connectivity index (χ0) is 16.2. The minimum atomic E-state index is 0.0877. The minimum Gasteiger partial charge on any atom is -0.342 e. The van der Waals surface area contributed by atoms with E-state index in [1.165, 1.54) is 0 Å². The summed E-state index contributed by atoms with van der Waals surface area (Å²) in [5, 5.41) is 0. The maximum Gasteiger partial charge on any atom is 0.253 e. The van der Waals surface area contributed by atoms with Gasteiger partial charge in [-0.25, -0.2) is 0 Å². The highest BCUT2D eigenvalue weighted by molar-refractivity contribution is 7.98. The smallest absolute Gasteiger partial charge is 0.253 e. The van der Waals surface area contributed by atoms with Crippen LogP contribution in [0.2, 0.25) is 0 Å². The molecule has 0 N–H and O–H groups in total. The van der Waals surface area contributed by atoms with Gasteiger partial charge >= 0.3 is 0 Å². The molecule has 2 amide bonds. The summed E-state index contributed by atoms with van der Waals surface area (Å²) in [5.41, 5.74) is 0.743. The quantitative estimate of drug-likeness (QED) is 0.799. The molecule has 1 aromatic carbocycles. The molecule has 2 saturated heterocycles. The first-order valence-electron chi connectivity index (χ1n) is 8.41. The van der Waals surface area contributed by atoms with Gasteiger partial charge in [0.05, 0.1) is 0 Å². The standard InChI is InChI=1S/C18H24N2O2S/c1-23-16-6-4-14(5-7-16)17(21)20-12-8-15(9-13-20)18(22)19-10-2-3-11-19/h4-7,15H,2-3,8-13H2,1H3. The van der Waals surface area contributed by atoms with Crippen molar-refractivity contribution in [1.82, 2.24) is 9.80 Å². The topological polar surface area (TPSA) is 40.6 Å². The van der Waals surface area contributed by atoms with Crippen molar-refractivity contribution in [3.8, 4) is 0 Å². The third-order valence-electron chi connectivity index (χ3n) is 4.89. The molecule has 0 unspecified atom stereocenters. The van der Waals surface area contributed by atoms with E-state index in [9.17, 15) is 9.59 Å². The number of amides is 2. The van der Waals surface area contributed by atoms with Crippen molar-refractivity contribution in [1.29, 1.82) is 0 Å². The van der Waals surface area contributed by atoms with Crippen LogP contribution in [0.4, 0.5) is 0 Å². The Morgan fingerprint density at radius 1 is 0.957 bits per heavy atom. The second-order valence-corrected chi connectivity index (χ2v) is 7.21. The van der Waals surface area contributed by atoms with E-state index < -0.39 is 0 Å². The molecule has 2 heterocycles. The van der Waals surface area contributed by atoms with Crippen molar-refractivity contribution in [2.75, 3.05) is 32.4 Å². The number of carbonyl (C=O) groups is 2. The van der Waals surface area contributed by atoms with Crippen LogP contribution in [-0.4, -0.2) is 54.0 Å². The van der Waals surface area contributed by atoms with Gasteiger partial charge in [0.15, 0.2) is 0 Å². The Labute approximate surface area is 142 Å². The number of carbonyl (C=O) groups excluding carboxylic acids is 2. The molecule has 3 rings (SSSR count). The maximum atomic E-state index is 12.6. The van der Waals surface area contributed by atoms with Crippen LogP contribution in [0, 0.1) is 5.92 Å². The van der Waals surface area contributed by atoms with E-state index in [1.807, 2.05) is 40.3 Å². The first-order chi connectivity index (χ1) is 11.2. The summed E-state index contributed by atoms with van der Waals surface area (Å²) >= 11 is 1.67. The van der Waals surface area contributed by atoms with Crippen LogP contribution in [0.25, 0.3) is 0 Å². The van der Waals surface area contributed by atoms with Gasteiger partial charge in [-0.1, -0.05) is 0 Å². The number of nitrogens with zero attached hydrogens (tertiary/aromatic N) is 2. The van der Waals surface area contributed by atoms with Crippen molar-refractivity contribution < 1.29 is 9.59 Å². The fourth-order valence-corrected chi connectivity index (χ4v) is 3.85. The highest BCUT2D eigenvalue weighted by Gasteiger charge is 2.31. The number of thioether (sulfide) groups is 1. The highest BCUT2D eigenvalue weighted by atomic mass is 32.2. The largest absolute Gasteiger partial charge is 0.342 e. The number of benzene rings is 1. The second-order valence-electron chi connectivity index (χ2n) is 6.33. The fraction of sp³-hybridized carbons (Fsp3) is 0.556. The SMILES string of the molecule is CSc1ccc(C(=O)N2CCC(C(=O)N3CCCC3)CC2)cc1. The summed E-state index contributed by atoms with van der Waals surface area (Å²) in [4.78, 5) is 30.1.